The van der Waals surface area contributed by atoms with E-state index in [1.54, 1.807) is 0 Å². The number of alkyl halides is 3. The fraction of sp³-hybridized carbons (Fsp3) is 0.600. The van der Waals surface area contributed by atoms with Gasteiger partial charge in [-0.3, -0.25) is 0 Å². The van der Waals surface area contributed by atoms with Crippen LogP contribution in [-0.4, -0.2) is 34.4 Å². The normalized spacial score (nSPS) is 13.1. The zero-order valence-corrected chi connectivity index (χ0v) is 9.94. The maximum Gasteiger partial charge on any atom is 0.490 e. The number of halogens is 3. The number of hydrogen-bond donors (Lipinski definition) is 3. The molecule has 0 amide bonds. The molecule has 1 unspecified atom stereocenters. The summed E-state index contributed by atoms with van der Waals surface area (Å²) in [6.07, 6.45) is -1.65. The molecule has 0 heterocycles. The highest BCUT2D eigenvalue weighted by molar-refractivity contribution is 5.79. The summed E-state index contributed by atoms with van der Waals surface area (Å²) in [6.45, 7) is 4.10. The van der Waals surface area contributed by atoms with Gasteiger partial charge in [-0.1, -0.05) is 19.9 Å². The van der Waals surface area contributed by atoms with E-state index in [9.17, 15) is 18.0 Å². The molecule has 0 aliphatic carbocycles. The number of rotatable bonds is 4. The minimum Gasteiger partial charge on any atom is -0.478 e. The van der Waals surface area contributed by atoms with Crippen LogP contribution in [0.5, 0.6) is 0 Å². The zero-order chi connectivity index (χ0) is 14.9. The third-order valence-electron chi connectivity index (χ3n) is 1.47. The number of aliphatic carboxylic acids is 2. The van der Waals surface area contributed by atoms with Crippen molar-refractivity contribution in [2.75, 3.05) is 0 Å². The Bertz CT molecular complexity index is 300. The SMILES string of the molecule is CC(C)CC(N)C=CC(=O)O.O=C(O)C(F)(F)F. The first-order valence-electron chi connectivity index (χ1n) is 4.93. The van der Waals surface area contributed by atoms with E-state index in [2.05, 4.69) is 13.8 Å². The molecule has 0 aromatic heterocycles. The first kappa shape index (κ1) is 18.8. The van der Waals surface area contributed by atoms with Gasteiger partial charge in [-0.15, -0.1) is 0 Å². The van der Waals surface area contributed by atoms with Crippen LogP contribution in [0.15, 0.2) is 12.2 Å². The van der Waals surface area contributed by atoms with E-state index in [1.165, 1.54) is 6.08 Å². The van der Waals surface area contributed by atoms with Gasteiger partial charge in [0.1, 0.15) is 0 Å². The van der Waals surface area contributed by atoms with E-state index in [0.29, 0.717) is 5.92 Å². The van der Waals surface area contributed by atoms with Crippen LogP contribution >= 0.6 is 0 Å². The lowest BCUT2D eigenvalue weighted by Gasteiger charge is -2.07. The molecule has 5 nitrogen and oxygen atoms in total. The summed E-state index contributed by atoms with van der Waals surface area (Å²) < 4.78 is 31.7. The Morgan fingerprint density at radius 2 is 1.67 bits per heavy atom. The minimum atomic E-state index is -5.08. The molecule has 0 spiro atoms. The first-order valence-corrected chi connectivity index (χ1v) is 4.93. The second kappa shape index (κ2) is 8.51. The Morgan fingerprint density at radius 1 is 1.28 bits per heavy atom. The highest BCUT2D eigenvalue weighted by Crippen LogP contribution is 2.13. The lowest BCUT2D eigenvalue weighted by Crippen LogP contribution is -2.21. The molecule has 1 atom stereocenters. The molecule has 0 bridgehead atoms. The van der Waals surface area contributed by atoms with Crippen LogP contribution in [-0.2, 0) is 9.59 Å². The molecular weight excluding hydrogens is 255 g/mol. The number of hydrogen-bond acceptors (Lipinski definition) is 3. The van der Waals surface area contributed by atoms with Gasteiger partial charge in [0.2, 0.25) is 0 Å². The topological polar surface area (TPSA) is 101 Å². The van der Waals surface area contributed by atoms with Gasteiger partial charge < -0.3 is 15.9 Å². The molecule has 0 fully saturated rings. The van der Waals surface area contributed by atoms with E-state index >= 15 is 0 Å². The van der Waals surface area contributed by atoms with Crippen LogP contribution < -0.4 is 5.73 Å². The van der Waals surface area contributed by atoms with Crippen LogP contribution in [0.25, 0.3) is 0 Å². The highest BCUT2D eigenvalue weighted by atomic mass is 19.4. The van der Waals surface area contributed by atoms with Crippen LogP contribution in [0.2, 0.25) is 0 Å². The number of nitrogens with two attached hydrogens (primary N) is 1. The summed E-state index contributed by atoms with van der Waals surface area (Å²) in [5.74, 6) is -3.19. The maximum absolute atomic E-state index is 10.6. The third kappa shape index (κ3) is 14.4. The van der Waals surface area contributed by atoms with Crippen molar-refractivity contribution in [3.63, 3.8) is 0 Å². The van der Waals surface area contributed by atoms with Gasteiger partial charge in [-0.05, 0) is 12.3 Å². The van der Waals surface area contributed by atoms with Crippen molar-refractivity contribution in [1.82, 2.24) is 0 Å². The van der Waals surface area contributed by atoms with Crippen molar-refractivity contribution in [1.29, 1.82) is 0 Å². The molecule has 106 valence electrons. The molecule has 0 aromatic carbocycles. The second-order valence-corrected chi connectivity index (χ2v) is 3.79. The monoisotopic (exact) mass is 271 g/mol. The van der Waals surface area contributed by atoms with Gasteiger partial charge in [0.15, 0.2) is 0 Å². The molecule has 0 aliphatic rings. The molecule has 0 saturated heterocycles. The smallest absolute Gasteiger partial charge is 0.478 e. The van der Waals surface area contributed by atoms with Crippen molar-refractivity contribution in [3.05, 3.63) is 12.2 Å². The van der Waals surface area contributed by atoms with Gasteiger partial charge in [0, 0.05) is 12.1 Å². The van der Waals surface area contributed by atoms with Crippen molar-refractivity contribution >= 4 is 11.9 Å². The van der Waals surface area contributed by atoms with E-state index < -0.39 is 18.1 Å². The number of carboxylic acids is 2. The number of carbonyl (C=O) groups is 2. The lowest BCUT2D eigenvalue weighted by molar-refractivity contribution is -0.192. The molecule has 4 N–H and O–H groups in total. The molecule has 0 saturated carbocycles. The zero-order valence-electron chi connectivity index (χ0n) is 9.94. The largest absolute Gasteiger partial charge is 0.490 e. The summed E-state index contributed by atoms with van der Waals surface area (Å²) in [6, 6.07) is -0.133. The van der Waals surface area contributed by atoms with E-state index in [0.717, 1.165) is 12.5 Å². The quantitative estimate of drug-likeness (QED) is 0.675. The molecular formula is C10H16F3NO4. The third-order valence-corrected chi connectivity index (χ3v) is 1.47. The molecule has 0 aliphatic heterocycles. The van der Waals surface area contributed by atoms with Crippen molar-refractivity contribution < 1.29 is 33.0 Å². The van der Waals surface area contributed by atoms with Gasteiger partial charge >= 0.3 is 18.1 Å². The Morgan fingerprint density at radius 3 is 1.89 bits per heavy atom. The second-order valence-electron chi connectivity index (χ2n) is 3.79. The van der Waals surface area contributed by atoms with Crippen LogP contribution in [0.3, 0.4) is 0 Å². The van der Waals surface area contributed by atoms with Gasteiger partial charge in [0.05, 0.1) is 0 Å². The summed E-state index contributed by atoms with van der Waals surface area (Å²) in [4.78, 5) is 18.9. The lowest BCUT2D eigenvalue weighted by atomic mass is 10.0. The van der Waals surface area contributed by atoms with Gasteiger partial charge in [0.25, 0.3) is 0 Å². The summed E-state index contributed by atoms with van der Waals surface area (Å²) in [7, 11) is 0. The molecule has 0 rings (SSSR count). The standard InChI is InChI=1S/C8H15NO2.C2HF3O2/c1-6(2)5-7(9)3-4-8(10)11;3-2(4,5)1(6)7/h3-4,6-7H,5,9H2,1-2H3,(H,10,11);(H,6,7). The average molecular weight is 271 g/mol. The molecule has 0 radical (unpaired) electrons. The first-order chi connectivity index (χ1) is 7.96. The predicted molar refractivity (Wildman–Crippen MR) is 57.9 cm³/mol. The van der Waals surface area contributed by atoms with Gasteiger partial charge in [-0.2, -0.15) is 13.2 Å². The Hall–Kier alpha value is -1.57. The number of carboxylic acid groups (broad SMARTS) is 2. The molecule has 18 heavy (non-hydrogen) atoms. The van der Waals surface area contributed by atoms with Gasteiger partial charge in [-0.25, -0.2) is 9.59 Å². The Balaban J connectivity index is 0. The van der Waals surface area contributed by atoms with Crippen molar-refractivity contribution in [3.8, 4) is 0 Å². The molecule has 0 aromatic rings. The summed E-state index contributed by atoms with van der Waals surface area (Å²) in [5.41, 5.74) is 5.57. The van der Waals surface area contributed by atoms with Crippen molar-refractivity contribution in [2.24, 2.45) is 11.7 Å². The van der Waals surface area contributed by atoms with E-state index in [4.69, 9.17) is 20.7 Å². The molecule has 8 heteroatoms. The Labute approximate surface area is 102 Å². The summed E-state index contributed by atoms with van der Waals surface area (Å²) in [5, 5.41) is 15.4. The Kier molecular flexibility index (Phi) is 8.88. The predicted octanol–water partition coefficient (Wildman–Crippen LogP) is 1.63. The minimum absolute atomic E-state index is 0.133. The maximum atomic E-state index is 10.6. The van der Waals surface area contributed by atoms with Crippen molar-refractivity contribution in [2.45, 2.75) is 32.5 Å². The fourth-order valence-electron chi connectivity index (χ4n) is 0.829. The van der Waals surface area contributed by atoms with Crippen LogP contribution in [0.4, 0.5) is 13.2 Å². The van der Waals surface area contributed by atoms with Crippen LogP contribution in [0, 0.1) is 5.92 Å². The summed E-state index contributed by atoms with van der Waals surface area (Å²) >= 11 is 0. The van der Waals surface area contributed by atoms with E-state index in [1.807, 2.05) is 0 Å². The highest BCUT2D eigenvalue weighted by Gasteiger charge is 2.38. The fourth-order valence-corrected chi connectivity index (χ4v) is 0.829. The average Bonchev–Trinajstić information content (AvgIpc) is 2.13. The van der Waals surface area contributed by atoms with E-state index in [-0.39, 0.29) is 6.04 Å². The van der Waals surface area contributed by atoms with Crippen LogP contribution in [0.1, 0.15) is 20.3 Å².